The molecule has 0 bridgehead atoms. The molecule has 0 atom stereocenters. The molecule has 1 amide bonds. The van der Waals surface area contributed by atoms with Crippen molar-refractivity contribution in [1.29, 1.82) is 5.41 Å². The first kappa shape index (κ1) is 12.6. The third-order valence-corrected chi connectivity index (χ3v) is 2.39. The largest absolute Gasteiger partial charge is 0.324 e. The first-order valence-electron chi connectivity index (χ1n) is 5.72. The molecule has 2 aromatic rings. The highest BCUT2D eigenvalue weighted by molar-refractivity contribution is 6.02. The van der Waals surface area contributed by atoms with Crippen LogP contribution in [-0.4, -0.2) is 21.8 Å². The van der Waals surface area contributed by atoms with E-state index in [9.17, 15) is 4.79 Å². The van der Waals surface area contributed by atoms with Crippen LogP contribution in [0.5, 0.6) is 0 Å². The van der Waals surface area contributed by atoms with Crippen molar-refractivity contribution in [3.63, 3.8) is 0 Å². The Balaban J connectivity index is 1.95. The second-order valence-electron chi connectivity index (χ2n) is 3.85. The summed E-state index contributed by atoms with van der Waals surface area (Å²) in [6.45, 7) is 0. The van der Waals surface area contributed by atoms with Crippen molar-refractivity contribution < 1.29 is 4.79 Å². The lowest BCUT2D eigenvalue weighted by molar-refractivity contribution is -0.119. The fourth-order valence-electron chi connectivity index (χ4n) is 1.55. The number of carbonyl (C=O) groups is 1. The quantitative estimate of drug-likeness (QED) is 0.380. The molecule has 0 saturated heterocycles. The molecular weight excluding hydrogens is 242 g/mol. The van der Waals surface area contributed by atoms with E-state index in [1.807, 2.05) is 24.3 Å². The maximum Gasteiger partial charge on any atom is 0.227 e. The normalized spacial score (nSPS) is 9.84. The zero-order valence-corrected chi connectivity index (χ0v) is 10.2. The highest BCUT2D eigenvalue weighted by Crippen LogP contribution is 2.12. The van der Waals surface area contributed by atoms with Gasteiger partial charge in [0.2, 0.25) is 17.8 Å². The average molecular weight is 255 g/mol. The van der Waals surface area contributed by atoms with Crippen LogP contribution in [0.2, 0.25) is 0 Å². The number of imidazole rings is 1. The fraction of sp³-hybridized carbons (Fsp3) is 0.154. The zero-order valence-electron chi connectivity index (χ0n) is 10.2. The third-order valence-electron chi connectivity index (χ3n) is 2.39. The summed E-state index contributed by atoms with van der Waals surface area (Å²) < 4.78 is 0. The van der Waals surface area contributed by atoms with Crippen molar-refractivity contribution >= 4 is 28.8 Å². The molecule has 0 aliphatic carbocycles. The van der Waals surface area contributed by atoms with E-state index in [-0.39, 0.29) is 18.3 Å². The van der Waals surface area contributed by atoms with E-state index in [2.05, 4.69) is 26.5 Å². The van der Waals surface area contributed by atoms with Crippen molar-refractivity contribution in [1.82, 2.24) is 15.3 Å². The summed E-state index contributed by atoms with van der Waals surface area (Å²) in [5.74, 6) is 2.34. The summed E-state index contributed by atoms with van der Waals surface area (Å²) in [6, 6.07) is 7.49. The van der Waals surface area contributed by atoms with Gasteiger partial charge in [0.1, 0.15) is 0 Å². The average Bonchev–Trinajstić information content (AvgIpc) is 2.78. The molecule has 0 aliphatic heterocycles. The number of carbonyl (C=O) groups excluding carboxylic acids is 1. The summed E-state index contributed by atoms with van der Waals surface area (Å²) in [5, 5.41) is 12.7. The summed E-state index contributed by atoms with van der Waals surface area (Å²) in [4.78, 5) is 18.6. The van der Waals surface area contributed by atoms with E-state index in [1.54, 1.807) is 0 Å². The van der Waals surface area contributed by atoms with Crippen LogP contribution in [-0.2, 0) is 4.79 Å². The fourth-order valence-corrected chi connectivity index (χ4v) is 1.55. The Morgan fingerprint density at radius 3 is 3.00 bits per heavy atom. The van der Waals surface area contributed by atoms with Gasteiger partial charge in [0.25, 0.3) is 0 Å². The monoisotopic (exact) mass is 255 g/mol. The molecule has 0 fully saturated rings. The number of benzene rings is 1. The smallest absolute Gasteiger partial charge is 0.227 e. The topological polar surface area (TPSA) is 93.7 Å². The van der Waals surface area contributed by atoms with Crippen molar-refractivity contribution in [2.75, 3.05) is 5.32 Å². The molecule has 96 valence electrons. The van der Waals surface area contributed by atoms with Gasteiger partial charge in [0.15, 0.2) is 0 Å². The number of hydrogen-bond donors (Lipinski definition) is 4. The number of rotatable bonds is 3. The minimum Gasteiger partial charge on any atom is -0.324 e. The standard InChI is InChI=1S/C13H13N5O/c1-2-3-8-11(19)17-12(14)18-13-15-9-6-4-5-7-10(9)16-13/h1,4-7H,3,8H2,(H4,14,15,16,17,18,19). The third kappa shape index (κ3) is 3.33. The number of fused-ring (bicyclic) bond motifs is 1. The molecule has 0 aliphatic rings. The first-order chi connectivity index (χ1) is 9.19. The summed E-state index contributed by atoms with van der Waals surface area (Å²) in [7, 11) is 0. The van der Waals surface area contributed by atoms with E-state index in [1.165, 1.54) is 0 Å². The summed E-state index contributed by atoms with van der Waals surface area (Å²) in [6.07, 6.45) is 5.61. The maximum absolute atomic E-state index is 11.4. The Hall–Kier alpha value is -2.81. The lowest BCUT2D eigenvalue weighted by Crippen LogP contribution is -2.35. The Morgan fingerprint density at radius 1 is 1.47 bits per heavy atom. The van der Waals surface area contributed by atoms with Gasteiger partial charge in [0, 0.05) is 12.8 Å². The van der Waals surface area contributed by atoms with E-state index >= 15 is 0 Å². The van der Waals surface area contributed by atoms with Gasteiger partial charge in [0.05, 0.1) is 11.0 Å². The van der Waals surface area contributed by atoms with Crippen LogP contribution < -0.4 is 10.6 Å². The Morgan fingerprint density at radius 2 is 2.26 bits per heavy atom. The molecule has 6 heteroatoms. The number of guanidine groups is 1. The van der Waals surface area contributed by atoms with Gasteiger partial charge in [-0.05, 0) is 12.1 Å². The highest BCUT2D eigenvalue weighted by atomic mass is 16.1. The van der Waals surface area contributed by atoms with Crippen LogP contribution in [0, 0.1) is 17.8 Å². The molecule has 1 heterocycles. The minimum absolute atomic E-state index is 0.138. The lowest BCUT2D eigenvalue weighted by atomic mass is 10.3. The van der Waals surface area contributed by atoms with Crippen molar-refractivity contribution in [2.24, 2.45) is 0 Å². The van der Waals surface area contributed by atoms with Crippen molar-refractivity contribution in [3.8, 4) is 12.3 Å². The molecule has 4 N–H and O–H groups in total. The zero-order chi connectivity index (χ0) is 13.7. The van der Waals surface area contributed by atoms with Crippen molar-refractivity contribution in [3.05, 3.63) is 24.3 Å². The number of aromatic amines is 1. The molecule has 6 nitrogen and oxygen atoms in total. The van der Waals surface area contributed by atoms with E-state index in [4.69, 9.17) is 11.8 Å². The SMILES string of the molecule is C#CCCC(=O)NC(=N)Nc1nc2ccccc2[nH]1. The number of hydrogen-bond acceptors (Lipinski definition) is 3. The highest BCUT2D eigenvalue weighted by Gasteiger charge is 2.06. The number of nitrogens with zero attached hydrogens (tertiary/aromatic N) is 1. The number of para-hydroxylation sites is 2. The van der Waals surface area contributed by atoms with Crippen LogP contribution in [0.15, 0.2) is 24.3 Å². The molecule has 0 spiro atoms. The maximum atomic E-state index is 11.4. The molecule has 0 unspecified atom stereocenters. The number of terminal acetylenes is 1. The van der Waals surface area contributed by atoms with Crippen LogP contribution in [0.1, 0.15) is 12.8 Å². The van der Waals surface area contributed by atoms with Gasteiger partial charge >= 0.3 is 0 Å². The van der Waals surface area contributed by atoms with Crippen LogP contribution >= 0.6 is 0 Å². The summed E-state index contributed by atoms with van der Waals surface area (Å²) >= 11 is 0. The number of amides is 1. The molecule has 1 aromatic carbocycles. The second-order valence-corrected chi connectivity index (χ2v) is 3.85. The van der Waals surface area contributed by atoms with Crippen LogP contribution in [0.25, 0.3) is 11.0 Å². The predicted molar refractivity (Wildman–Crippen MR) is 73.7 cm³/mol. The first-order valence-corrected chi connectivity index (χ1v) is 5.72. The Kier molecular flexibility index (Phi) is 3.78. The molecule has 19 heavy (non-hydrogen) atoms. The number of nitrogens with one attached hydrogen (secondary N) is 4. The van der Waals surface area contributed by atoms with E-state index in [0.29, 0.717) is 12.4 Å². The van der Waals surface area contributed by atoms with Gasteiger partial charge < -0.3 is 4.98 Å². The van der Waals surface area contributed by atoms with Crippen LogP contribution in [0.3, 0.4) is 0 Å². The number of anilines is 1. The molecule has 0 radical (unpaired) electrons. The van der Waals surface area contributed by atoms with Crippen molar-refractivity contribution in [2.45, 2.75) is 12.8 Å². The molecule has 0 saturated carbocycles. The van der Waals surface area contributed by atoms with Gasteiger partial charge in [-0.25, -0.2) is 4.98 Å². The van der Waals surface area contributed by atoms with E-state index < -0.39 is 0 Å². The lowest BCUT2D eigenvalue weighted by Gasteiger charge is -2.05. The van der Waals surface area contributed by atoms with E-state index in [0.717, 1.165) is 11.0 Å². The summed E-state index contributed by atoms with van der Waals surface area (Å²) in [5.41, 5.74) is 1.65. The predicted octanol–water partition coefficient (Wildman–Crippen LogP) is 1.44. The van der Waals surface area contributed by atoms with Crippen LogP contribution in [0.4, 0.5) is 5.95 Å². The Bertz CT molecular complexity index is 619. The molecule has 1 aromatic heterocycles. The van der Waals surface area contributed by atoms with Gasteiger partial charge in [-0.2, -0.15) is 0 Å². The minimum atomic E-state index is -0.299. The number of aromatic nitrogens is 2. The van der Waals surface area contributed by atoms with Gasteiger partial charge in [-0.1, -0.05) is 12.1 Å². The molecule has 2 rings (SSSR count). The molecular formula is C13H13N5O. The van der Waals surface area contributed by atoms with Gasteiger partial charge in [-0.15, -0.1) is 12.3 Å². The number of H-pyrrole nitrogens is 1. The second kappa shape index (κ2) is 5.69. The van der Waals surface area contributed by atoms with Gasteiger partial charge in [-0.3, -0.25) is 20.8 Å². The Labute approximate surface area is 110 Å².